The summed E-state index contributed by atoms with van der Waals surface area (Å²) >= 11 is 5.78. The first-order valence-corrected chi connectivity index (χ1v) is 4.01. The van der Waals surface area contributed by atoms with Crippen LogP contribution >= 0.6 is 11.8 Å². The zero-order valence-corrected chi connectivity index (χ0v) is 7.92. The summed E-state index contributed by atoms with van der Waals surface area (Å²) < 4.78 is 1.48. The van der Waals surface area contributed by atoms with Gasteiger partial charge in [0.05, 0.1) is 0 Å². The highest BCUT2D eigenvalue weighted by Crippen LogP contribution is 2.05. The fourth-order valence-electron chi connectivity index (χ4n) is 1.03. The molecular formula is C9H11ClN2. The minimum atomic E-state index is 0.775. The van der Waals surface area contributed by atoms with Gasteiger partial charge in [-0.25, -0.2) is 0 Å². The fourth-order valence-corrected chi connectivity index (χ4v) is 1.21. The van der Waals surface area contributed by atoms with Crippen LogP contribution in [0.5, 0.6) is 0 Å². The van der Waals surface area contributed by atoms with E-state index in [2.05, 4.69) is 4.99 Å². The smallest absolute Gasteiger partial charge is 0.145 e. The Bertz CT molecular complexity index is 267. The first-order valence-electron chi connectivity index (χ1n) is 3.67. The Balaban J connectivity index is 2.97. The minimum Gasteiger partial charge on any atom is -0.272 e. The van der Waals surface area contributed by atoms with Crippen molar-refractivity contribution in [3.8, 4) is 0 Å². The van der Waals surface area contributed by atoms with Crippen LogP contribution in [0, 0.1) is 0 Å². The average Bonchev–Trinajstić information content (AvgIpc) is 2.07. The van der Waals surface area contributed by atoms with Crippen LogP contribution in [0.15, 0.2) is 35.3 Å². The molecule has 0 unspecified atom stereocenters. The van der Waals surface area contributed by atoms with Crippen molar-refractivity contribution >= 4 is 17.6 Å². The van der Waals surface area contributed by atoms with E-state index in [0.717, 1.165) is 11.4 Å². The van der Waals surface area contributed by atoms with Gasteiger partial charge in [-0.2, -0.15) is 0 Å². The lowest BCUT2D eigenvalue weighted by molar-refractivity contribution is 0.817. The Labute approximate surface area is 77.6 Å². The van der Waals surface area contributed by atoms with Gasteiger partial charge in [0.15, 0.2) is 0 Å². The molecule has 0 N–H and O–H groups in total. The zero-order valence-electron chi connectivity index (χ0n) is 7.16. The highest BCUT2D eigenvalue weighted by molar-refractivity contribution is 6.25. The van der Waals surface area contributed by atoms with Crippen molar-refractivity contribution in [1.82, 2.24) is 4.42 Å². The van der Waals surface area contributed by atoms with E-state index in [0.29, 0.717) is 0 Å². The van der Waals surface area contributed by atoms with Gasteiger partial charge in [-0.3, -0.25) is 9.41 Å². The third-order valence-electron chi connectivity index (χ3n) is 1.54. The maximum Gasteiger partial charge on any atom is 0.145 e. The summed E-state index contributed by atoms with van der Waals surface area (Å²) in [4.78, 5) is 4.07. The highest BCUT2D eigenvalue weighted by atomic mass is 35.5. The number of hydrogen-bond donors (Lipinski definition) is 0. The molecule has 2 nitrogen and oxygen atoms in total. The van der Waals surface area contributed by atoms with Crippen molar-refractivity contribution in [2.45, 2.75) is 0 Å². The summed E-state index contributed by atoms with van der Waals surface area (Å²) in [6, 6.07) is 9.83. The molecular weight excluding hydrogens is 172 g/mol. The molecule has 0 amide bonds. The van der Waals surface area contributed by atoms with Crippen molar-refractivity contribution < 1.29 is 0 Å². The molecule has 0 radical (unpaired) electrons. The molecule has 0 heterocycles. The molecule has 0 saturated carbocycles. The molecule has 0 bridgehead atoms. The number of hydrogen-bond acceptors (Lipinski definition) is 1. The Hall–Kier alpha value is -1.02. The van der Waals surface area contributed by atoms with Crippen LogP contribution in [0.25, 0.3) is 0 Å². The van der Waals surface area contributed by atoms with Gasteiger partial charge >= 0.3 is 0 Å². The Morgan fingerprint density at radius 1 is 1.33 bits per heavy atom. The third kappa shape index (κ3) is 1.98. The van der Waals surface area contributed by atoms with Crippen LogP contribution in [0.2, 0.25) is 0 Å². The Morgan fingerprint density at radius 3 is 2.33 bits per heavy atom. The van der Waals surface area contributed by atoms with E-state index in [4.69, 9.17) is 11.8 Å². The molecule has 3 heteroatoms. The second-order valence-electron chi connectivity index (χ2n) is 2.39. The molecule has 64 valence electrons. The first kappa shape index (κ1) is 9.07. The van der Waals surface area contributed by atoms with Crippen LogP contribution in [0.3, 0.4) is 0 Å². The zero-order chi connectivity index (χ0) is 8.97. The Kier molecular flexibility index (Phi) is 3.11. The van der Waals surface area contributed by atoms with Gasteiger partial charge in [0.1, 0.15) is 5.84 Å². The number of benzene rings is 1. The SMILES string of the molecule is CN=C(c1ccccc1)N(C)Cl. The van der Waals surface area contributed by atoms with Crippen LogP contribution < -0.4 is 0 Å². The third-order valence-corrected chi connectivity index (χ3v) is 1.70. The van der Waals surface area contributed by atoms with Gasteiger partial charge in [0.25, 0.3) is 0 Å². The van der Waals surface area contributed by atoms with E-state index in [9.17, 15) is 0 Å². The average molecular weight is 183 g/mol. The molecule has 0 saturated heterocycles. The van der Waals surface area contributed by atoms with E-state index in [1.165, 1.54) is 4.42 Å². The van der Waals surface area contributed by atoms with Crippen LogP contribution in [-0.4, -0.2) is 24.3 Å². The second kappa shape index (κ2) is 4.12. The summed E-state index contributed by atoms with van der Waals surface area (Å²) in [6.07, 6.45) is 0. The normalized spacial score (nSPS) is 11.4. The monoisotopic (exact) mass is 182 g/mol. The summed E-state index contributed by atoms with van der Waals surface area (Å²) in [5.74, 6) is 0.775. The summed E-state index contributed by atoms with van der Waals surface area (Å²) in [5, 5.41) is 0. The standard InChI is InChI=1S/C9H11ClN2/c1-11-9(12(2)10)8-6-4-3-5-7-8/h3-7H,1-2H3. The van der Waals surface area contributed by atoms with Gasteiger partial charge < -0.3 is 0 Å². The molecule has 0 aromatic heterocycles. The van der Waals surface area contributed by atoms with Crippen molar-refractivity contribution in [1.29, 1.82) is 0 Å². The topological polar surface area (TPSA) is 15.6 Å². The lowest BCUT2D eigenvalue weighted by atomic mass is 10.2. The largest absolute Gasteiger partial charge is 0.272 e. The van der Waals surface area contributed by atoms with E-state index < -0.39 is 0 Å². The van der Waals surface area contributed by atoms with Gasteiger partial charge in [-0.15, -0.1) is 0 Å². The maximum absolute atomic E-state index is 5.78. The van der Waals surface area contributed by atoms with E-state index >= 15 is 0 Å². The number of amidine groups is 1. The van der Waals surface area contributed by atoms with Crippen LogP contribution in [0.1, 0.15) is 5.56 Å². The van der Waals surface area contributed by atoms with Crippen molar-refractivity contribution in [2.24, 2.45) is 4.99 Å². The van der Waals surface area contributed by atoms with Gasteiger partial charge in [0, 0.05) is 31.4 Å². The molecule has 12 heavy (non-hydrogen) atoms. The maximum atomic E-state index is 5.78. The quantitative estimate of drug-likeness (QED) is 0.369. The number of nitrogens with zero attached hydrogens (tertiary/aromatic N) is 2. The van der Waals surface area contributed by atoms with Crippen molar-refractivity contribution in [3.63, 3.8) is 0 Å². The first-order chi connectivity index (χ1) is 5.75. The minimum absolute atomic E-state index is 0.775. The molecule has 0 atom stereocenters. The molecule has 0 aliphatic rings. The van der Waals surface area contributed by atoms with E-state index in [1.807, 2.05) is 30.3 Å². The number of halogens is 1. The fraction of sp³-hybridized carbons (Fsp3) is 0.222. The molecule has 0 aliphatic carbocycles. The Morgan fingerprint density at radius 2 is 1.92 bits per heavy atom. The molecule has 1 aromatic rings. The molecule has 1 aromatic carbocycles. The van der Waals surface area contributed by atoms with Crippen molar-refractivity contribution in [3.05, 3.63) is 35.9 Å². The summed E-state index contributed by atoms with van der Waals surface area (Å²) in [6.45, 7) is 0. The van der Waals surface area contributed by atoms with Gasteiger partial charge in [0.2, 0.25) is 0 Å². The summed E-state index contributed by atoms with van der Waals surface area (Å²) in [7, 11) is 3.48. The lowest BCUT2D eigenvalue weighted by Crippen LogP contribution is -2.17. The predicted octanol–water partition coefficient (Wildman–Crippen LogP) is 2.15. The van der Waals surface area contributed by atoms with E-state index in [-0.39, 0.29) is 0 Å². The molecule has 0 spiro atoms. The summed E-state index contributed by atoms with van der Waals surface area (Å²) in [5.41, 5.74) is 1.03. The van der Waals surface area contributed by atoms with Crippen molar-refractivity contribution in [2.75, 3.05) is 14.1 Å². The number of rotatable bonds is 1. The molecule has 0 fully saturated rings. The highest BCUT2D eigenvalue weighted by Gasteiger charge is 2.04. The van der Waals surface area contributed by atoms with Gasteiger partial charge in [-0.1, -0.05) is 30.3 Å². The van der Waals surface area contributed by atoms with E-state index in [1.54, 1.807) is 14.1 Å². The van der Waals surface area contributed by atoms with Crippen LogP contribution in [-0.2, 0) is 0 Å². The lowest BCUT2D eigenvalue weighted by Gasteiger charge is -2.11. The molecule has 0 aliphatic heterocycles. The van der Waals surface area contributed by atoms with Crippen LogP contribution in [0.4, 0.5) is 0 Å². The molecule has 1 rings (SSSR count). The predicted molar refractivity (Wildman–Crippen MR) is 52.5 cm³/mol. The van der Waals surface area contributed by atoms with Gasteiger partial charge in [-0.05, 0) is 0 Å². The number of aliphatic imine (C=N–C) groups is 1. The second-order valence-corrected chi connectivity index (χ2v) is 2.90.